The number of para-hydroxylation sites is 2. The van der Waals surface area contributed by atoms with Gasteiger partial charge in [0.2, 0.25) is 11.8 Å². The van der Waals surface area contributed by atoms with Crippen LogP contribution in [0.25, 0.3) is 0 Å². The molecule has 0 saturated heterocycles. The molecule has 0 bridgehead atoms. The molecule has 0 aliphatic heterocycles. The molecule has 0 aliphatic carbocycles. The third kappa shape index (κ3) is 8.89. The third-order valence-electron chi connectivity index (χ3n) is 7.41. The topological polar surface area (TPSA) is 96.0 Å². The summed E-state index contributed by atoms with van der Waals surface area (Å²) in [4.78, 5) is 29.8. The number of nitrogens with one attached hydrogen (secondary N) is 1. The lowest BCUT2D eigenvalue weighted by molar-refractivity contribution is -0.140. The zero-order valence-electron chi connectivity index (χ0n) is 26.4. The Morgan fingerprint density at radius 2 is 1.50 bits per heavy atom. The highest BCUT2D eigenvalue weighted by atomic mass is 35.5. The average molecular weight is 662 g/mol. The molecular weight excluding hydrogens is 622 g/mol. The average Bonchev–Trinajstić information content (AvgIpc) is 3.06. The van der Waals surface area contributed by atoms with E-state index in [2.05, 4.69) is 5.32 Å². The third-order valence-corrected chi connectivity index (χ3v) is 9.43. The molecule has 0 spiro atoms. The highest BCUT2D eigenvalue weighted by Gasteiger charge is 2.35. The van der Waals surface area contributed by atoms with Crippen LogP contribution in [0.2, 0.25) is 5.02 Å². The zero-order valence-corrected chi connectivity index (χ0v) is 27.9. The Bertz CT molecular complexity index is 1700. The van der Waals surface area contributed by atoms with Crippen LogP contribution in [0.4, 0.5) is 5.69 Å². The molecule has 0 saturated carbocycles. The number of hydrogen-bond acceptors (Lipinski definition) is 5. The molecule has 10 heteroatoms. The van der Waals surface area contributed by atoms with Crippen molar-refractivity contribution in [2.45, 2.75) is 51.1 Å². The second kappa shape index (κ2) is 16.3. The quantitative estimate of drug-likeness (QED) is 0.159. The minimum atomic E-state index is -4.25. The summed E-state index contributed by atoms with van der Waals surface area (Å²) in [5.41, 5.74) is 2.72. The lowest BCUT2D eigenvalue weighted by Gasteiger charge is -2.34. The molecule has 0 aromatic heterocycles. The number of hydrogen-bond donors (Lipinski definition) is 1. The first-order valence-electron chi connectivity index (χ1n) is 15.3. The molecule has 4 aromatic rings. The van der Waals surface area contributed by atoms with E-state index in [9.17, 15) is 18.0 Å². The van der Waals surface area contributed by atoms with E-state index in [0.29, 0.717) is 30.3 Å². The summed E-state index contributed by atoms with van der Waals surface area (Å²) in [6.07, 6.45) is 0.946. The van der Waals surface area contributed by atoms with Gasteiger partial charge < -0.3 is 15.0 Å². The number of carbonyl (C=O) groups is 2. The summed E-state index contributed by atoms with van der Waals surface area (Å²) in [5.74, 6) is -0.556. The molecule has 4 rings (SSSR count). The van der Waals surface area contributed by atoms with Crippen molar-refractivity contribution in [2.24, 2.45) is 0 Å². The van der Waals surface area contributed by atoms with Crippen molar-refractivity contribution in [1.29, 1.82) is 0 Å². The largest absolute Gasteiger partial charge is 0.492 e. The van der Waals surface area contributed by atoms with Crippen molar-refractivity contribution >= 4 is 39.1 Å². The van der Waals surface area contributed by atoms with Crippen molar-refractivity contribution in [3.8, 4) is 5.75 Å². The maximum Gasteiger partial charge on any atom is 0.264 e. The Labute approximate surface area is 277 Å². The summed E-state index contributed by atoms with van der Waals surface area (Å²) in [6.45, 7) is 5.84. The van der Waals surface area contributed by atoms with E-state index in [1.54, 1.807) is 67.6 Å². The second-order valence-electron chi connectivity index (χ2n) is 10.9. The Morgan fingerprint density at radius 1 is 0.848 bits per heavy atom. The summed E-state index contributed by atoms with van der Waals surface area (Å²) < 4.78 is 35.5. The Kier molecular flexibility index (Phi) is 12.2. The maximum absolute atomic E-state index is 14.6. The van der Waals surface area contributed by atoms with Crippen molar-refractivity contribution < 1.29 is 22.7 Å². The van der Waals surface area contributed by atoms with Gasteiger partial charge in [-0.3, -0.25) is 13.9 Å². The van der Waals surface area contributed by atoms with Gasteiger partial charge in [-0.15, -0.1) is 0 Å². The van der Waals surface area contributed by atoms with Crippen molar-refractivity contribution in [1.82, 2.24) is 10.2 Å². The molecule has 8 nitrogen and oxygen atoms in total. The maximum atomic E-state index is 14.6. The van der Waals surface area contributed by atoms with Gasteiger partial charge in [-0.2, -0.15) is 0 Å². The number of aryl methyl sites for hydroxylation is 1. The van der Waals surface area contributed by atoms with Gasteiger partial charge in [0.25, 0.3) is 10.0 Å². The molecular formula is C36H40ClN3O5S. The van der Waals surface area contributed by atoms with Gasteiger partial charge in [-0.1, -0.05) is 90.8 Å². The van der Waals surface area contributed by atoms with Crippen LogP contribution >= 0.6 is 11.6 Å². The van der Waals surface area contributed by atoms with Gasteiger partial charge in [-0.25, -0.2) is 8.42 Å². The predicted molar refractivity (Wildman–Crippen MR) is 183 cm³/mol. The molecule has 0 fully saturated rings. The number of sulfonamides is 1. The second-order valence-corrected chi connectivity index (χ2v) is 13.2. The number of benzene rings is 4. The fourth-order valence-electron chi connectivity index (χ4n) is 5.00. The smallest absolute Gasteiger partial charge is 0.264 e. The molecule has 0 aliphatic rings. The Morgan fingerprint density at radius 3 is 2.15 bits per heavy atom. The monoisotopic (exact) mass is 661 g/mol. The van der Waals surface area contributed by atoms with Crippen LogP contribution in [0.15, 0.2) is 108 Å². The van der Waals surface area contributed by atoms with Gasteiger partial charge in [0.05, 0.1) is 17.2 Å². The first-order chi connectivity index (χ1) is 22.1. The number of ether oxygens (including phenoxy) is 1. The minimum Gasteiger partial charge on any atom is -0.492 e. The highest BCUT2D eigenvalue weighted by Crippen LogP contribution is 2.33. The van der Waals surface area contributed by atoms with Crippen LogP contribution in [0.5, 0.6) is 5.75 Å². The fourth-order valence-corrected chi connectivity index (χ4v) is 6.55. The Hall–Kier alpha value is -4.34. The molecule has 1 atom stereocenters. The summed E-state index contributed by atoms with van der Waals surface area (Å²) in [6, 6.07) is 28.7. The Balaban J connectivity index is 1.82. The molecule has 0 unspecified atom stereocenters. The molecule has 1 N–H and O–H groups in total. The van der Waals surface area contributed by atoms with Gasteiger partial charge in [0, 0.05) is 24.5 Å². The van der Waals surface area contributed by atoms with E-state index in [0.717, 1.165) is 21.0 Å². The molecule has 4 aromatic carbocycles. The van der Waals surface area contributed by atoms with Gasteiger partial charge in [-0.05, 0) is 67.8 Å². The fraction of sp³-hybridized carbons (Fsp3) is 0.278. The van der Waals surface area contributed by atoms with Crippen LogP contribution in [0, 0.1) is 6.92 Å². The minimum absolute atomic E-state index is 0.0305. The van der Waals surface area contributed by atoms with E-state index in [-0.39, 0.29) is 29.5 Å². The standard InChI is InChI=1S/C36H40ClN3O5S/c1-4-23-38-36(42)33(24-28-11-7-6-8-12-28)39(25-29-17-19-30(37)20-18-29)35(41)26-40(32-13-9-10-14-34(32)45-5-2)46(43,44)31-21-15-27(3)16-22-31/h6-22,33H,4-5,23-26H2,1-3H3,(H,38,42)/t33-/m1/s1. The van der Waals surface area contributed by atoms with Crippen LogP contribution in [0.1, 0.15) is 37.0 Å². The molecule has 0 heterocycles. The zero-order chi connectivity index (χ0) is 33.1. The normalized spacial score (nSPS) is 11.8. The molecule has 242 valence electrons. The number of rotatable bonds is 15. The van der Waals surface area contributed by atoms with Crippen molar-refractivity contribution in [3.05, 3.63) is 125 Å². The highest BCUT2D eigenvalue weighted by molar-refractivity contribution is 7.92. The van der Waals surface area contributed by atoms with E-state index in [1.807, 2.05) is 44.2 Å². The first-order valence-corrected chi connectivity index (χ1v) is 17.1. The van der Waals surface area contributed by atoms with E-state index in [4.69, 9.17) is 16.3 Å². The number of halogens is 1. The van der Waals surface area contributed by atoms with Gasteiger partial charge in [0.15, 0.2) is 0 Å². The van der Waals surface area contributed by atoms with Crippen LogP contribution < -0.4 is 14.4 Å². The molecule has 0 radical (unpaired) electrons. The summed E-state index contributed by atoms with van der Waals surface area (Å²) in [5, 5.41) is 3.48. The lowest BCUT2D eigenvalue weighted by Crippen LogP contribution is -2.53. The lowest BCUT2D eigenvalue weighted by atomic mass is 10.0. The summed E-state index contributed by atoms with van der Waals surface area (Å²) in [7, 11) is -4.25. The van der Waals surface area contributed by atoms with E-state index >= 15 is 0 Å². The number of carbonyl (C=O) groups excluding carboxylic acids is 2. The van der Waals surface area contributed by atoms with Gasteiger partial charge in [0.1, 0.15) is 18.3 Å². The predicted octanol–water partition coefficient (Wildman–Crippen LogP) is 6.41. The van der Waals surface area contributed by atoms with Crippen molar-refractivity contribution in [3.63, 3.8) is 0 Å². The summed E-state index contributed by atoms with van der Waals surface area (Å²) >= 11 is 6.15. The number of anilines is 1. The van der Waals surface area contributed by atoms with Crippen LogP contribution in [-0.4, -0.2) is 50.9 Å². The van der Waals surface area contributed by atoms with Gasteiger partial charge >= 0.3 is 0 Å². The SMILES string of the molecule is CCCNC(=O)[C@@H](Cc1ccccc1)N(Cc1ccc(Cl)cc1)C(=O)CN(c1ccccc1OCC)S(=O)(=O)c1ccc(C)cc1. The number of nitrogens with zero attached hydrogens (tertiary/aromatic N) is 2. The van der Waals surface area contributed by atoms with E-state index < -0.39 is 28.5 Å². The molecule has 46 heavy (non-hydrogen) atoms. The van der Waals surface area contributed by atoms with Crippen molar-refractivity contribution in [2.75, 3.05) is 24.0 Å². The van der Waals surface area contributed by atoms with E-state index in [1.165, 1.54) is 17.0 Å². The van der Waals surface area contributed by atoms with Crippen LogP contribution in [-0.2, 0) is 32.6 Å². The number of amides is 2. The van der Waals surface area contributed by atoms with Crippen LogP contribution in [0.3, 0.4) is 0 Å². The first kappa shape index (κ1) is 34.5. The molecule has 2 amide bonds.